The van der Waals surface area contributed by atoms with Gasteiger partial charge in [0.25, 0.3) is 0 Å². The average Bonchev–Trinajstić information content (AvgIpc) is 3.23. The number of hydrogen-bond donors (Lipinski definition) is 1. The molecule has 0 aliphatic rings. The van der Waals surface area contributed by atoms with Crippen LogP contribution in [0.2, 0.25) is 0 Å². The molecule has 0 amide bonds. The first-order valence-electron chi connectivity index (χ1n) is 12.5. The molecule has 0 spiro atoms. The van der Waals surface area contributed by atoms with Gasteiger partial charge in [-0.15, -0.1) is 0 Å². The molecule has 0 fully saturated rings. The highest BCUT2D eigenvalue weighted by Gasteiger charge is 2.21. The summed E-state index contributed by atoms with van der Waals surface area (Å²) >= 11 is 0. The van der Waals surface area contributed by atoms with Gasteiger partial charge in [0, 0.05) is 27.8 Å². The van der Waals surface area contributed by atoms with Gasteiger partial charge in [0.05, 0.1) is 11.0 Å². The van der Waals surface area contributed by atoms with Crippen molar-refractivity contribution in [1.82, 2.24) is 4.57 Å². The lowest BCUT2D eigenvalue weighted by atomic mass is 9.85. The predicted molar refractivity (Wildman–Crippen MR) is 155 cm³/mol. The van der Waals surface area contributed by atoms with E-state index >= 15 is 0 Å². The molecular formula is C34H30N2. The minimum Gasteiger partial charge on any atom is -0.356 e. The van der Waals surface area contributed by atoms with Crippen molar-refractivity contribution < 1.29 is 0 Å². The van der Waals surface area contributed by atoms with Crippen LogP contribution < -0.4 is 5.32 Å². The molecule has 0 saturated carbocycles. The maximum absolute atomic E-state index is 3.47. The van der Waals surface area contributed by atoms with E-state index in [9.17, 15) is 0 Å². The predicted octanol–water partition coefficient (Wildman–Crippen LogP) is 9.49. The Bertz CT molecular complexity index is 1670. The Morgan fingerprint density at radius 2 is 1.14 bits per heavy atom. The van der Waals surface area contributed by atoms with Gasteiger partial charge in [-0.25, -0.2) is 0 Å². The van der Waals surface area contributed by atoms with E-state index in [2.05, 4.69) is 134 Å². The molecular weight excluding hydrogens is 436 g/mol. The van der Waals surface area contributed by atoms with Crippen molar-refractivity contribution in [2.45, 2.75) is 26.2 Å². The highest BCUT2D eigenvalue weighted by molar-refractivity contribution is 6.10. The highest BCUT2D eigenvalue weighted by Crippen LogP contribution is 2.38. The van der Waals surface area contributed by atoms with Crippen LogP contribution in [0.5, 0.6) is 0 Å². The molecule has 5 aromatic carbocycles. The molecule has 1 heterocycles. The van der Waals surface area contributed by atoms with Gasteiger partial charge in [-0.1, -0.05) is 93.6 Å². The van der Waals surface area contributed by atoms with Gasteiger partial charge < -0.3 is 9.88 Å². The molecule has 0 unspecified atom stereocenters. The number of rotatable bonds is 4. The minimum absolute atomic E-state index is 0.0454. The van der Waals surface area contributed by atoms with E-state index in [0.717, 1.165) is 11.4 Å². The van der Waals surface area contributed by atoms with Crippen LogP contribution >= 0.6 is 0 Å². The van der Waals surface area contributed by atoms with Gasteiger partial charge >= 0.3 is 0 Å². The molecule has 0 saturated heterocycles. The zero-order valence-electron chi connectivity index (χ0n) is 21.0. The van der Waals surface area contributed by atoms with E-state index in [1.54, 1.807) is 0 Å². The normalized spacial score (nSPS) is 11.8. The quantitative estimate of drug-likeness (QED) is 0.274. The average molecular weight is 467 g/mol. The van der Waals surface area contributed by atoms with Gasteiger partial charge in [0.1, 0.15) is 0 Å². The first-order valence-corrected chi connectivity index (χ1v) is 12.5. The third-order valence-corrected chi connectivity index (χ3v) is 6.91. The lowest BCUT2D eigenvalue weighted by Crippen LogP contribution is -2.15. The van der Waals surface area contributed by atoms with Crippen LogP contribution in [0, 0.1) is 0 Å². The Morgan fingerprint density at radius 3 is 1.92 bits per heavy atom. The van der Waals surface area contributed by atoms with Crippen molar-refractivity contribution in [2.75, 3.05) is 5.32 Å². The zero-order valence-corrected chi connectivity index (χ0v) is 21.0. The van der Waals surface area contributed by atoms with E-state index in [1.807, 2.05) is 18.2 Å². The number of nitrogens with one attached hydrogen (secondary N) is 1. The Labute approximate surface area is 212 Å². The maximum atomic E-state index is 3.47. The van der Waals surface area contributed by atoms with Gasteiger partial charge in [0.15, 0.2) is 0 Å². The molecule has 0 atom stereocenters. The van der Waals surface area contributed by atoms with Crippen LogP contribution in [0.4, 0.5) is 11.4 Å². The number of benzene rings is 5. The Morgan fingerprint density at radius 1 is 0.528 bits per heavy atom. The minimum atomic E-state index is 0.0454. The highest BCUT2D eigenvalue weighted by atomic mass is 15.0. The topological polar surface area (TPSA) is 17.0 Å². The van der Waals surface area contributed by atoms with Gasteiger partial charge in [-0.3, -0.25) is 0 Å². The van der Waals surface area contributed by atoms with Crippen LogP contribution in [0.15, 0.2) is 121 Å². The molecule has 6 rings (SSSR count). The summed E-state index contributed by atoms with van der Waals surface area (Å²) in [5.74, 6) is 0. The molecule has 0 aliphatic carbocycles. The van der Waals surface area contributed by atoms with E-state index in [-0.39, 0.29) is 5.41 Å². The van der Waals surface area contributed by atoms with E-state index in [1.165, 1.54) is 44.2 Å². The van der Waals surface area contributed by atoms with Crippen molar-refractivity contribution in [1.29, 1.82) is 0 Å². The summed E-state index contributed by atoms with van der Waals surface area (Å²) in [6.07, 6.45) is 0. The summed E-state index contributed by atoms with van der Waals surface area (Å²) in [4.78, 5) is 0. The summed E-state index contributed by atoms with van der Waals surface area (Å²) in [6.45, 7) is 6.86. The van der Waals surface area contributed by atoms with Gasteiger partial charge in [0.2, 0.25) is 0 Å². The number of fused-ring (bicyclic) bond motifs is 3. The lowest BCUT2D eigenvalue weighted by molar-refractivity contribution is 0.587. The maximum Gasteiger partial charge on any atom is 0.0541 e. The second kappa shape index (κ2) is 8.73. The SMILES string of the molecule is CC(C)(C)c1ccccc1-n1c2ccccc2c2cc(-c3ccc(Nc4ccccc4)cc3)ccc21. The molecule has 1 N–H and O–H groups in total. The van der Waals surface area contributed by atoms with Crippen molar-refractivity contribution >= 4 is 33.2 Å². The molecule has 0 bridgehead atoms. The fourth-order valence-electron chi connectivity index (χ4n) is 5.15. The largest absolute Gasteiger partial charge is 0.356 e. The molecule has 1 aromatic heterocycles. The first kappa shape index (κ1) is 22.2. The zero-order chi connectivity index (χ0) is 24.7. The molecule has 2 heteroatoms. The van der Waals surface area contributed by atoms with Crippen molar-refractivity contribution in [3.63, 3.8) is 0 Å². The first-order chi connectivity index (χ1) is 17.5. The Balaban J connectivity index is 1.46. The molecule has 0 radical (unpaired) electrons. The number of aromatic nitrogens is 1. The van der Waals surface area contributed by atoms with E-state index in [4.69, 9.17) is 0 Å². The van der Waals surface area contributed by atoms with E-state index in [0.29, 0.717) is 0 Å². The summed E-state index contributed by atoms with van der Waals surface area (Å²) in [6, 6.07) is 43.4. The third kappa shape index (κ3) is 3.95. The molecule has 0 aliphatic heterocycles. The third-order valence-electron chi connectivity index (χ3n) is 6.91. The Kier molecular flexibility index (Phi) is 5.38. The Hall–Kier alpha value is -4.30. The standard InChI is InChI=1S/C34H30N2/c1-34(2,3)30-14-8-10-16-33(30)36-31-15-9-7-13-28(31)29-23-25(19-22-32(29)36)24-17-20-27(21-18-24)35-26-11-5-4-6-12-26/h4-23,35H,1-3H3. The van der Waals surface area contributed by atoms with Crippen LogP contribution in [0.3, 0.4) is 0 Å². The molecule has 2 nitrogen and oxygen atoms in total. The van der Waals surface area contributed by atoms with Crippen molar-refractivity contribution in [2.24, 2.45) is 0 Å². The second-order valence-corrected chi connectivity index (χ2v) is 10.4. The monoisotopic (exact) mass is 466 g/mol. The molecule has 176 valence electrons. The summed E-state index contributed by atoms with van der Waals surface area (Å²) in [5, 5.41) is 6.03. The summed E-state index contributed by atoms with van der Waals surface area (Å²) in [5.41, 5.74) is 9.73. The van der Waals surface area contributed by atoms with Crippen LogP contribution in [0.1, 0.15) is 26.3 Å². The second-order valence-electron chi connectivity index (χ2n) is 10.4. The number of anilines is 2. The van der Waals surface area contributed by atoms with Crippen molar-refractivity contribution in [3.05, 3.63) is 127 Å². The lowest BCUT2D eigenvalue weighted by Gasteiger charge is -2.24. The van der Waals surface area contributed by atoms with Crippen molar-refractivity contribution in [3.8, 4) is 16.8 Å². The smallest absolute Gasteiger partial charge is 0.0541 e. The number of nitrogens with zero attached hydrogens (tertiary/aromatic N) is 1. The van der Waals surface area contributed by atoms with Gasteiger partial charge in [-0.2, -0.15) is 0 Å². The van der Waals surface area contributed by atoms with Gasteiger partial charge in [-0.05, 0) is 70.6 Å². The fourth-order valence-corrected chi connectivity index (χ4v) is 5.15. The molecule has 6 aromatic rings. The van der Waals surface area contributed by atoms with E-state index < -0.39 is 0 Å². The van der Waals surface area contributed by atoms with Crippen LogP contribution in [0.25, 0.3) is 38.6 Å². The number of para-hydroxylation sites is 3. The summed E-state index contributed by atoms with van der Waals surface area (Å²) < 4.78 is 2.43. The van der Waals surface area contributed by atoms with Crippen LogP contribution in [-0.2, 0) is 5.41 Å². The summed E-state index contributed by atoms with van der Waals surface area (Å²) in [7, 11) is 0. The van der Waals surface area contributed by atoms with Crippen LogP contribution in [-0.4, -0.2) is 4.57 Å². The molecule has 36 heavy (non-hydrogen) atoms. The fraction of sp³-hybridized carbons (Fsp3) is 0.118. The number of hydrogen-bond acceptors (Lipinski definition) is 1.